The number of hydrogen-bond acceptors (Lipinski definition) is 6. The maximum atomic E-state index is 13.2. The van der Waals surface area contributed by atoms with Crippen molar-refractivity contribution in [3.8, 4) is 0 Å². The van der Waals surface area contributed by atoms with E-state index < -0.39 is 19.7 Å². The van der Waals surface area contributed by atoms with Crippen LogP contribution in [-0.4, -0.2) is 53.9 Å². The van der Waals surface area contributed by atoms with E-state index in [4.69, 9.17) is 0 Å². The lowest BCUT2D eigenvalue weighted by Gasteiger charge is -2.49. The van der Waals surface area contributed by atoms with Gasteiger partial charge in [-0.3, -0.25) is 0 Å². The molecule has 2 aromatic carbocycles. The molecule has 0 aromatic heterocycles. The summed E-state index contributed by atoms with van der Waals surface area (Å²) in [6.45, 7) is 1.03. The Morgan fingerprint density at radius 2 is 1.80 bits per heavy atom. The fraction of sp³-hybridized carbons (Fsp3) is 0.429. The van der Waals surface area contributed by atoms with E-state index in [2.05, 4.69) is 0 Å². The molecular formula is C21H26N2O5S2. The number of benzene rings is 2. The number of nitrogens with zero attached hydrogens (tertiary/aromatic N) is 2. The van der Waals surface area contributed by atoms with Gasteiger partial charge in [-0.25, -0.2) is 16.8 Å². The zero-order chi connectivity index (χ0) is 21.7. The van der Waals surface area contributed by atoms with Crippen molar-refractivity contribution in [2.45, 2.75) is 46.4 Å². The lowest BCUT2D eigenvalue weighted by Crippen LogP contribution is -2.51. The predicted octanol–water partition coefficient (Wildman–Crippen LogP) is 3.26. The Kier molecular flexibility index (Phi) is 5.21. The van der Waals surface area contributed by atoms with Crippen LogP contribution in [0.4, 0.5) is 11.4 Å². The zero-order valence-corrected chi connectivity index (χ0v) is 18.7. The number of likely N-dealkylation sites (tertiary alicyclic amines) is 1. The minimum atomic E-state index is -3.76. The van der Waals surface area contributed by atoms with E-state index >= 15 is 0 Å². The number of fused-ring (bicyclic) bond motifs is 2. The first kappa shape index (κ1) is 21.3. The summed E-state index contributed by atoms with van der Waals surface area (Å²) in [5, 5.41) is 12.9. The molecule has 2 atom stereocenters. The number of rotatable bonds is 4. The van der Waals surface area contributed by atoms with E-state index in [9.17, 15) is 22.0 Å². The largest absolute Gasteiger partial charge is 0.633 e. The second-order valence-electron chi connectivity index (χ2n) is 8.36. The minimum Gasteiger partial charge on any atom is -0.633 e. The Hall–Kier alpha value is -1.94. The molecule has 7 nitrogen and oxygen atoms in total. The predicted molar refractivity (Wildman–Crippen MR) is 115 cm³/mol. The van der Waals surface area contributed by atoms with Gasteiger partial charge in [-0.2, -0.15) is 0 Å². The molecule has 0 saturated carbocycles. The molecule has 0 radical (unpaired) electrons. The quantitative estimate of drug-likeness (QED) is 0.524. The lowest BCUT2D eigenvalue weighted by molar-refractivity contribution is -0.892. The van der Waals surface area contributed by atoms with E-state index in [-0.39, 0.29) is 25.4 Å². The highest BCUT2D eigenvalue weighted by atomic mass is 32.2. The number of quaternary nitrogens is 1. The van der Waals surface area contributed by atoms with Gasteiger partial charge in [0.05, 0.1) is 45.7 Å². The molecule has 2 aromatic rings. The van der Waals surface area contributed by atoms with Crippen LogP contribution in [0.5, 0.6) is 0 Å². The van der Waals surface area contributed by atoms with Crippen molar-refractivity contribution in [2.24, 2.45) is 0 Å². The van der Waals surface area contributed by atoms with Gasteiger partial charge >= 0.3 is 0 Å². The average molecular weight is 451 g/mol. The molecule has 2 aliphatic heterocycles. The number of hydroxylamine groups is 3. The topological polar surface area (TPSA) is 94.6 Å². The molecule has 2 heterocycles. The molecule has 0 amide bonds. The monoisotopic (exact) mass is 450 g/mol. The molecule has 2 aliphatic rings. The molecule has 1 fully saturated rings. The van der Waals surface area contributed by atoms with Gasteiger partial charge in [-0.15, -0.1) is 0 Å². The minimum absolute atomic E-state index is 0.0639. The van der Waals surface area contributed by atoms with E-state index in [1.165, 1.54) is 18.2 Å². The van der Waals surface area contributed by atoms with Crippen molar-refractivity contribution in [2.75, 3.05) is 31.3 Å². The van der Waals surface area contributed by atoms with Crippen LogP contribution in [0.2, 0.25) is 0 Å². The normalized spacial score (nSPS) is 25.4. The zero-order valence-electron chi connectivity index (χ0n) is 17.1. The van der Waals surface area contributed by atoms with E-state index in [1.807, 2.05) is 4.90 Å². The average Bonchev–Trinajstić information content (AvgIpc) is 2.68. The van der Waals surface area contributed by atoms with Crippen LogP contribution < -0.4 is 4.90 Å². The van der Waals surface area contributed by atoms with E-state index in [0.29, 0.717) is 30.9 Å². The third-order valence-electron chi connectivity index (χ3n) is 6.23. The van der Waals surface area contributed by atoms with Gasteiger partial charge in [-0.1, -0.05) is 12.1 Å². The molecule has 162 valence electrons. The first-order valence-electron chi connectivity index (χ1n) is 10.0. The molecule has 1 saturated heterocycles. The molecule has 0 spiro atoms. The van der Waals surface area contributed by atoms with Crippen LogP contribution in [-0.2, 0) is 19.7 Å². The number of piperidine rings is 1. The number of hydrogen-bond donors (Lipinski definition) is 0. The number of para-hydroxylation sites is 1. The van der Waals surface area contributed by atoms with Crippen molar-refractivity contribution in [1.82, 2.24) is 0 Å². The number of anilines is 2. The first-order chi connectivity index (χ1) is 14.0. The van der Waals surface area contributed by atoms with Crippen molar-refractivity contribution >= 4 is 31.0 Å². The van der Waals surface area contributed by atoms with Crippen LogP contribution >= 0.6 is 0 Å². The fourth-order valence-corrected chi connectivity index (χ4v) is 6.80. The molecule has 4 rings (SSSR count). The summed E-state index contributed by atoms with van der Waals surface area (Å²) in [4.78, 5) is 2.22. The Balaban J connectivity index is 1.80. The van der Waals surface area contributed by atoms with Gasteiger partial charge in [0.25, 0.3) is 0 Å². The van der Waals surface area contributed by atoms with E-state index in [1.54, 1.807) is 31.3 Å². The summed E-state index contributed by atoms with van der Waals surface area (Å²) >= 11 is 0. The van der Waals surface area contributed by atoms with Crippen molar-refractivity contribution in [3.63, 3.8) is 0 Å². The third-order valence-corrected chi connectivity index (χ3v) is 9.19. The first-order valence-corrected chi connectivity index (χ1v) is 13.4. The molecule has 0 aliphatic carbocycles. The SMILES string of the molecule is C[N+]1([O-])CCCCC1CCN1c2ccccc2S(=O)(=O)c2ccc(S(C)(=O)=O)cc21. The summed E-state index contributed by atoms with van der Waals surface area (Å²) < 4.78 is 50.3. The van der Waals surface area contributed by atoms with Crippen LogP contribution in [0, 0.1) is 5.21 Å². The van der Waals surface area contributed by atoms with Gasteiger partial charge in [-0.05, 0) is 49.6 Å². The van der Waals surface area contributed by atoms with Crippen molar-refractivity contribution < 1.29 is 21.5 Å². The summed E-state index contributed by atoms with van der Waals surface area (Å²) in [6.07, 6.45) is 4.47. The summed E-state index contributed by atoms with van der Waals surface area (Å²) in [5.74, 6) is 0. The van der Waals surface area contributed by atoms with Gasteiger partial charge in [0.15, 0.2) is 9.84 Å². The van der Waals surface area contributed by atoms with Crippen LogP contribution in [0.3, 0.4) is 0 Å². The van der Waals surface area contributed by atoms with Crippen molar-refractivity contribution in [3.05, 3.63) is 47.7 Å². The van der Waals surface area contributed by atoms with Gasteiger partial charge in [0, 0.05) is 19.2 Å². The summed E-state index contributed by atoms with van der Waals surface area (Å²) in [6, 6.07) is 10.8. The van der Waals surface area contributed by atoms with Crippen LogP contribution in [0.15, 0.2) is 57.2 Å². The molecule has 9 heteroatoms. The molecule has 0 bridgehead atoms. The molecule has 0 N–H and O–H groups in total. The van der Waals surface area contributed by atoms with Crippen LogP contribution in [0.1, 0.15) is 25.7 Å². The molecule has 30 heavy (non-hydrogen) atoms. The highest BCUT2D eigenvalue weighted by Gasteiger charge is 2.36. The highest BCUT2D eigenvalue weighted by Crippen LogP contribution is 2.45. The Morgan fingerprint density at radius 1 is 1.10 bits per heavy atom. The lowest BCUT2D eigenvalue weighted by atomic mass is 9.99. The fourth-order valence-electron chi connectivity index (χ4n) is 4.52. The molecular weight excluding hydrogens is 424 g/mol. The summed E-state index contributed by atoms with van der Waals surface area (Å²) in [5.41, 5.74) is 0.874. The maximum Gasteiger partial charge on any atom is 0.210 e. The Bertz CT molecular complexity index is 1190. The van der Waals surface area contributed by atoms with Gasteiger partial charge < -0.3 is 14.8 Å². The second-order valence-corrected chi connectivity index (χ2v) is 12.3. The smallest absolute Gasteiger partial charge is 0.210 e. The Labute approximate surface area is 177 Å². The molecule has 2 unspecified atom stereocenters. The summed E-state index contributed by atoms with van der Waals surface area (Å²) in [7, 11) is -5.57. The van der Waals surface area contributed by atoms with Crippen LogP contribution in [0.25, 0.3) is 0 Å². The van der Waals surface area contributed by atoms with Crippen molar-refractivity contribution in [1.29, 1.82) is 0 Å². The maximum absolute atomic E-state index is 13.2. The van der Waals surface area contributed by atoms with E-state index in [0.717, 1.165) is 25.5 Å². The van der Waals surface area contributed by atoms with Gasteiger partial charge in [0.2, 0.25) is 9.84 Å². The highest BCUT2D eigenvalue weighted by molar-refractivity contribution is 7.92. The second kappa shape index (κ2) is 7.33. The number of sulfone groups is 2. The van der Waals surface area contributed by atoms with Gasteiger partial charge in [0.1, 0.15) is 0 Å². The Morgan fingerprint density at radius 3 is 2.50 bits per heavy atom. The third kappa shape index (κ3) is 3.64. The standard InChI is InChI=1S/C21H26N2O5S2/c1-23(24)14-6-5-7-16(23)12-13-22-18-8-3-4-9-20(18)30(27,28)21-11-10-17(15-19(21)22)29(2,25)26/h3-4,8-11,15-16H,5-7,12-14H2,1-2H3.